The van der Waals surface area contributed by atoms with Gasteiger partial charge in [-0.2, -0.15) is 0 Å². The van der Waals surface area contributed by atoms with Gasteiger partial charge in [-0.05, 0) is 373 Å². The van der Waals surface area contributed by atoms with Crippen LogP contribution in [0.3, 0.4) is 0 Å². The molecule has 5 heteroatoms. The number of hydrogen-bond donors (Lipinski definition) is 0. The van der Waals surface area contributed by atoms with Gasteiger partial charge in [0.15, 0.2) is 0 Å². The molecule has 0 N–H and O–H groups in total. The van der Waals surface area contributed by atoms with Crippen LogP contribution >= 0.6 is 0 Å². The van der Waals surface area contributed by atoms with E-state index in [4.69, 9.17) is 0 Å². The van der Waals surface area contributed by atoms with Gasteiger partial charge in [-0.25, -0.2) is 22.0 Å². The quantitative estimate of drug-likeness (QED) is 0.113. The van der Waals surface area contributed by atoms with E-state index in [1.165, 1.54) is 146 Å². The van der Waals surface area contributed by atoms with Crippen LogP contribution in [0.15, 0.2) is 182 Å². The van der Waals surface area contributed by atoms with Gasteiger partial charge < -0.3 is 0 Å². The van der Waals surface area contributed by atoms with Crippen LogP contribution in [0, 0.1) is 168 Å². The van der Waals surface area contributed by atoms with Gasteiger partial charge in [0.2, 0.25) is 0 Å². The van der Waals surface area contributed by atoms with E-state index in [9.17, 15) is 22.0 Å². The highest BCUT2D eigenvalue weighted by Crippen LogP contribution is 2.31. The van der Waals surface area contributed by atoms with Crippen LogP contribution in [0.4, 0.5) is 22.0 Å². The summed E-state index contributed by atoms with van der Waals surface area (Å²) in [6.45, 7) is 89.4. The minimum Gasteiger partial charge on any atom is -0.207 e. The number of halogens is 5. The van der Waals surface area contributed by atoms with E-state index < -0.39 is 11.6 Å². The lowest BCUT2D eigenvalue weighted by Crippen LogP contribution is -1.97. The predicted molar refractivity (Wildman–Crippen MR) is 540 cm³/mol. The highest BCUT2D eigenvalue weighted by molar-refractivity contribution is 5.43. The van der Waals surface area contributed by atoms with Crippen LogP contribution in [0.5, 0.6) is 0 Å². The van der Waals surface area contributed by atoms with E-state index >= 15 is 0 Å². The van der Waals surface area contributed by atoms with Gasteiger partial charge >= 0.3 is 0 Å². The van der Waals surface area contributed by atoms with Crippen molar-refractivity contribution >= 4 is 0 Å². The summed E-state index contributed by atoms with van der Waals surface area (Å²) in [7, 11) is 0. The number of hydrogen-bond acceptors (Lipinski definition) is 0. The lowest BCUT2D eigenvalue weighted by molar-refractivity contribution is 0.562. The van der Waals surface area contributed by atoms with Crippen molar-refractivity contribution in [2.75, 3.05) is 0 Å². The summed E-state index contributed by atoms with van der Waals surface area (Å²) in [5.41, 5.74) is 39.7. The minimum atomic E-state index is -0.505. The van der Waals surface area contributed by atoms with E-state index in [-0.39, 0.29) is 35.2 Å². The van der Waals surface area contributed by atoms with Crippen molar-refractivity contribution in [3.63, 3.8) is 0 Å². The molecule has 124 heavy (non-hydrogen) atoms. The molecule has 0 saturated heterocycles. The van der Waals surface area contributed by atoms with Crippen molar-refractivity contribution in [1.29, 1.82) is 0 Å². The molecular weight excluding hydrogens is 1520 g/mol. The lowest BCUT2D eigenvalue weighted by atomic mass is 9.92. The summed E-state index contributed by atoms with van der Waals surface area (Å²) >= 11 is 0. The van der Waals surface area contributed by atoms with Crippen molar-refractivity contribution in [2.24, 2.45) is 0 Å². The summed E-state index contributed by atoms with van der Waals surface area (Å²) in [5, 5.41) is 0. The van der Waals surface area contributed by atoms with Crippen LogP contribution in [0.1, 0.15) is 390 Å². The first-order chi connectivity index (χ1) is 57.5. The Kier molecular flexibility index (Phi) is 50.6. The van der Waals surface area contributed by atoms with Crippen molar-refractivity contribution in [3.05, 3.63) is 384 Å². The topological polar surface area (TPSA) is 0 Å². The fourth-order valence-electron chi connectivity index (χ4n) is 16.9. The highest BCUT2D eigenvalue weighted by Gasteiger charge is 2.15. The second kappa shape index (κ2) is 55.5. The van der Waals surface area contributed by atoms with Gasteiger partial charge in [-0.3, -0.25) is 0 Å². The molecule has 0 aliphatic rings. The Morgan fingerprint density at radius 1 is 0.153 bits per heavy atom. The molecule has 11 aromatic rings. The third-order valence-electron chi connectivity index (χ3n) is 22.3. The lowest BCUT2D eigenvalue weighted by Gasteiger charge is -2.14. The SMILES string of the molecule is Cc1cc(C)c(C(C)C)c(C)c1.Cc1cc(C)c(C(C)C)c(C)c1.Cc1cc(C)c(C(C)C)c(F)c1.Cc1cc(F)cc(F)c1C(C)C.Cc1ccc(C(C)C)c(C)c1.Cc1ccc(C(C)C)c(C)c1.Cc1ccc(C(C)C)cc1.Cc1ccc(C)c(C(C)C)c1.Cc1ccc(F)cc1C(C)C.Cc1cccc(C)c1C(C)C.Cc1cccc(F)c1C(C)C. The van der Waals surface area contributed by atoms with Crippen LogP contribution < -0.4 is 0 Å². The summed E-state index contributed by atoms with van der Waals surface area (Å²) in [4.78, 5) is 0. The van der Waals surface area contributed by atoms with Gasteiger partial charge in [-0.15, -0.1) is 0 Å². The number of rotatable bonds is 11. The normalized spacial score (nSPS) is 10.7. The molecular formula is C119H167F5. The molecule has 0 bridgehead atoms. The average Bonchev–Trinajstić information content (AvgIpc) is 0.844. The minimum absolute atomic E-state index is 0.0671. The molecule has 0 nitrogen and oxygen atoms in total. The Morgan fingerprint density at radius 3 is 0.710 bits per heavy atom. The van der Waals surface area contributed by atoms with E-state index in [0.717, 1.165) is 39.4 Å². The van der Waals surface area contributed by atoms with Gasteiger partial charge in [-0.1, -0.05) is 331 Å². The third-order valence-corrected chi connectivity index (χ3v) is 22.3. The van der Waals surface area contributed by atoms with Gasteiger partial charge in [0.25, 0.3) is 0 Å². The zero-order chi connectivity index (χ0) is 95.3. The second-order valence-electron chi connectivity index (χ2n) is 38.2. The van der Waals surface area contributed by atoms with Crippen molar-refractivity contribution in [1.82, 2.24) is 0 Å². The molecule has 0 aliphatic carbocycles. The first kappa shape index (κ1) is 113. The Morgan fingerprint density at radius 2 is 0.419 bits per heavy atom. The maximum atomic E-state index is 13.4. The molecule has 11 aromatic carbocycles. The van der Waals surface area contributed by atoms with Gasteiger partial charge in [0.05, 0.1) is 0 Å². The van der Waals surface area contributed by atoms with Gasteiger partial charge in [0, 0.05) is 6.07 Å². The maximum absolute atomic E-state index is 13.4. The first-order valence-corrected chi connectivity index (χ1v) is 45.7. The molecule has 11 rings (SSSR count). The van der Waals surface area contributed by atoms with Crippen molar-refractivity contribution < 1.29 is 22.0 Å². The summed E-state index contributed by atoms with van der Waals surface area (Å²) in [6, 6.07) is 60.3. The fraction of sp³-hybridized carbons (Fsp3) is 0.445. The third kappa shape index (κ3) is 39.7. The molecule has 0 unspecified atom stereocenters. The van der Waals surface area contributed by atoms with E-state index in [1.807, 2.05) is 87.4 Å². The standard InChI is InChI=1S/2C12H18.C11H15F.4C11H16.C10H12F2.2C10H13F.C10H14/c2*1-8(2)12-10(4)6-9(3)7-11(12)5;1-7(2)11-9(4)5-8(3)6-10(11)12;2*1-8(2)11-6-5-9(3)7-10(11)4;1-8(2)11-7-9(3)5-6-10(11)4;1-8(2)11-9(3)6-5-7-10(11)4;1-6(2)10-7(3)4-8(11)5-9(10)12;1-7(2)10-6-9(11)5-4-8(10)3;1-7(2)10-8(3)5-4-6-9(10)11;1-8(2)10-6-4-9(3)5-7-10/h2*6-8H,1-5H3;5-7H,1-4H3;4*5-8H,1-4H3;4-6H,1-3H3;2*4-7H,1-3H3;4-8H,1-3H3. The van der Waals surface area contributed by atoms with E-state index in [0.29, 0.717) is 58.5 Å². The molecule has 0 heterocycles. The Bertz CT molecular complexity index is 4460. The van der Waals surface area contributed by atoms with E-state index in [1.54, 1.807) is 25.1 Å². The number of aryl methyl sites for hydroxylation is 20. The number of benzene rings is 11. The fourth-order valence-corrected chi connectivity index (χ4v) is 16.9. The maximum Gasteiger partial charge on any atom is 0.129 e. The molecule has 0 saturated carbocycles. The molecule has 0 radical (unpaired) electrons. The predicted octanol–water partition coefficient (Wildman–Crippen LogP) is 37.8. The zero-order valence-corrected chi connectivity index (χ0v) is 85.6. The molecule has 0 aromatic heterocycles. The highest BCUT2D eigenvalue weighted by atomic mass is 19.1. The monoisotopic (exact) mass is 1690 g/mol. The zero-order valence-electron chi connectivity index (χ0n) is 85.6. The van der Waals surface area contributed by atoms with Gasteiger partial charge in [0.1, 0.15) is 29.1 Å². The smallest absolute Gasteiger partial charge is 0.129 e. The largest absolute Gasteiger partial charge is 0.207 e. The van der Waals surface area contributed by atoms with Crippen molar-refractivity contribution in [2.45, 2.75) is 356 Å². The summed E-state index contributed by atoms with van der Waals surface area (Å²) < 4.78 is 64.9. The second-order valence-corrected chi connectivity index (χ2v) is 38.2. The van der Waals surface area contributed by atoms with Crippen molar-refractivity contribution in [3.8, 4) is 0 Å². The molecule has 0 fully saturated rings. The first-order valence-electron chi connectivity index (χ1n) is 45.7. The Hall–Kier alpha value is -8.93. The molecule has 678 valence electrons. The van der Waals surface area contributed by atoms with Crippen LogP contribution in [-0.4, -0.2) is 0 Å². The summed E-state index contributed by atoms with van der Waals surface area (Å²) in [6.07, 6.45) is 0. The molecule has 0 amide bonds. The Balaban J connectivity index is 0.000000682. The Labute approximate surface area is 756 Å². The summed E-state index contributed by atoms with van der Waals surface area (Å²) in [5.74, 6) is 4.35. The molecule has 0 atom stereocenters. The van der Waals surface area contributed by atoms with Crippen LogP contribution in [0.2, 0.25) is 0 Å². The molecule has 0 aliphatic heterocycles. The average molecular weight is 1690 g/mol. The van der Waals surface area contributed by atoms with E-state index in [2.05, 4.69) is 336 Å². The molecule has 0 spiro atoms. The van der Waals surface area contributed by atoms with Crippen LogP contribution in [0.25, 0.3) is 0 Å². The van der Waals surface area contributed by atoms with Crippen LogP contribution in [-0.2, 0) is 0 Å².